The molecule has 1 saturated heterocycles. The molecule has 0 spiro atoms. The monoisotopic (exact) mass is 366 g/mol. The summed E-state index contributed by atoms with van der Waals surface area (Å²) in [7, 11) is 3.97. The van der Waals surface area contributed by atoms with Crippen LogP contribution in [0.4, 0.5) is 0 Å². The highest BCUT2D eigenvalue weighted by molar-refractivity contribution is 5.89. The van der Waals surface area contributed by atoms with Crippen molar-refractivity contribution in [2.45, 2.75) is 12.8 Å². The van der Waals surface area contributed by atoms with Gasteiger partial charge in [-0.3, -0.25) is 9.59 Å². The van der Waals surface area contributed by atoms with E-state index in [4.69, 9.17) is 0 Å². The molecule has 1 fully saturated rings. The lowest BCUT2D eigenvalue weighted by atomic mass is 10.1. The Balaban J connectivity index is 0.00000242. The molecule has 0 aromatic rings. The van der Waals surface area contributed by atoms with Gasteiger partial charge in [-0.15, -0.1) is 24.8 Å². The highest BCUT2D eigenvalue weighted by Crippen LogP contribution is 2.17. The first-order valence-corrected chi connectivity index (χ1v) is 7.65. The summed E-state index contributed by atoms with van der Waals surface area (Å²) in [5.41, 5.74) is 1.27. The number of nitrogens with zero attached hydrogens (tertiary/aromatic N) is 2. The second-order valence-corrected chi connectivity index (χ2v) is 6.08. The van der Waals surface area contributed by atoms with Crippen LogP contribution in [-0.4, -0.2) is 75.0 Å². The van der Waals surface area contributed by atoms with Gasteiger partial charge in [0.1, 0.15) is 0 Å². The lowest BCUT2D eigenvalue weighted by molar-refractivity contribution is -0.129. The molecule has 1 unspecified atom stereocenters. The van der Waals surface area contributed by atoms with E-state index in [1.54, 1.807) is 4.90 Å². The molecule has 0 saturated carbocycles. The summed E-state index contributed by atoms with van der Waals surface area (Å²) in [6.07, 6.45) is 3.46. The summed E-state index contributed by atoms with van der Waals surface area (Å²) < 4.78 is 0. The van der Waals surface area contributed by atoms with Crippen molar-refractivity contribution in [2.24, 2.45) is 5.92 Å². The van der Waals surface area contributed by atoms with Crippen LogP contribution in [-0.2, 0) is 9.59 Å². The lowest BCUT2D eigenvalue weighted by Crippen LogP contribution is -2.36. The van der Waals surface area contributed by atoms with E-state index in [0.717, 1.165) is 26.1 Å². The molecular formula is C15H28Cl2N4O2. The molecular weight excluding hydrogens is 339 g/mol. The van der Waals surface area contributed by atoms with Crippen molar-refractivity contribution < 1.29 is 9.59 Å². The molecule has 0 aromatic heterocycles. The number of hydrogen-bond acceptors (Lipinski definition) is 4. The van der Waals surface area contributed by atoms with E-state index >= 15 is 0 Å². The summed E-state index contributed by atoms with van der Waals surface area (Å²) >= 11 is 0. The van der Waals surface area contributed by atoms with E-state index in [0.29, 0.717) is 26.1 Å². The Hall–Kier alpha value is -0.820. The average molecular weight is 367 g/mol. The van der Waals surface area contributed by atoms with Gasteiger partial charge in [0.05, 0.1) is 5.92 Å². The van der Waals surface area contributed by atoms with Crippen LogP contribution in [0.5, 0.6) is 0 Å². The number of likely N-dealkylation sites (N-methyl/N-ethyl adjacent to an activating group) is 1. The van der Waals surface area contributed by atoms with Gasteiger partial charge in [0.15, 0.2) is 0 Å². The molecule has 0 bridgehead atoms. The molecule has 6 nitrogen and oxygen atoms in total. The quantitative estimate of drug-likeness (QED) is 0.662. The van der Waals surface area contributed by atoms with Gasteiger partial charge in [0.2, 0.25) is 11.8 Å². The highest BCUT2D eigenvalue weighted by Gasteiger charge is 2.33. The molecule has 2 heterocycles. The van der Waals surface area contributed by atoms with Crippen LogP contribution < -0.4 is 10.6 Å². The van der Waals surface area contributed by atoms with Crippen molar-refractivity contribution in [3.8, 4) is 0 Å². The van der Waals surface area contributed by atoms with Crippen LogP contribution in [0.3, 0.4) is 0 Å². The summed E-state index contributed by atoms with van der Waals surface area (Å²) in [4.78, 5) is 27.9. The van der Waals surface area contributed by atoms with E-state index in [1.165, 1.54) is 5.57 Å². The van der Waals surface area contributed by atoms with Gasteiger partial charge in [-0.05, 0) is 27.1 Å². The average Bonchev–Trinajstić information content (AvgIpc) is 2.85. The maximum Gasteiger partial charge on any atom is 0.225 e. The van der Waals surface area contributed by atoms with Gasteiger partial charge in [-0.25, -0.2) is 0 Å². The minimum atomic E-state index is -0.193. The van der Waals surface area contributed by atoms with Crippen molar-refractivity contribution in [2.75, 3.05) is 53.4 Å². The number of carbonyl (C=O) groups excluding carboxylic acids is 2. The molecule has 134 valence electrons. The molecule has 8 heteroatoms. The topological polar surface area (TPSA) is 64.7 Å². The van der Waals surface area contributed by atoms with Crippen LogP contribution in [0.25, 0.3) is 0 Å². The Morgan fingerprint density at radius 2 is 2.17 bits per heavy atom. The highest BCUT2D eigenvalue weighted by atomic mass is 35.5. The lowest BCUT2D eigenvalue weighted by Gasteiger charge is -2.19. The number of rotatable bonds is 6. The third-order valence-electron chi connectivity index (χ3n) is 4.05. The second kappa shape index (κ2) is 10.9. The minimum absolute atomic E-state index is 0. The van der Waals surface area contributed by atoms with Gasteiger partial charge < -0.3 is 20.4 Å². The fourth-order valence-electron chi connectivity index (χ4n) is 2.66. The second-order valence-electron chi connectivity index (χ2n) is 6.08. The van der Waals surface area contributed by atoms with Gasteiger partial charge in [-0.1, -0.05) is 11.6 Å². The van der Waals surface area contributed by atoms with Gasteiger partial charge >= 0.3 is 0 Å². The summed E-state index contributed by atoms with van der Waals surface area (Å²) in [5, 5.41) is 6.22. The van der Waals surface area contributed by atoms with Crippen LogP contribution in [0.1, 0.15) is 12.8 Å². The van der Waals surface area contributed by atoms with E-state index in [-0.39, 0.29) is 42.5 Å². The summed E-state index contributed by atoms with van der Waals surface area (Å²) in [5.74, 6) is -0.0878. The molecule has 0 aliphatic carbocycles. The molecule has 2 amide bonds. The molecule has 23 heavy (non-hydrogen) atoms. The van der Waals surface area contributed by atoms with Crippen molar-refractivity contribution in [1.82, 2.24) is 20.4 Å². The SMILES string of the molecule is CN(C)CCN1CC(C(=O)NCC2=CCNCC2)CC1=O.Cl.Cl. The van der Waals surface area contributed by atoms with Crippen molar-refractivity contribution in [3.63, 3.8) is 0 Å². The number of nitrogens with one attached hydrogen (secondary N) is 2. The normalized spacial score (nSPS) is 20.7. The van der Waals surface area contributed by atoms with Crippen LogP contribution in [0.15, 0.2) is 11.6 Å². The van der Waals surface area contributed by atoms with Crippen molar-refractivity contribution >= 4 is 36.6 Å². The number of carbonyl (C=O) groups is 2. The molecule has 2 rings (SSSR count). The van der Waals surface area contributed by atoms with Gasteiger partial charge in [0.25, 0.3) is 0 Å². The fraction of sp³-hybridized carbons (Fsp3) is 0.733. The smallest absolute Gasteiger partial charge is 0.225 e. The zero-order valence-corrected chi connectivity index (χ0v) is 15.5. The Bertz CT molecular complexity index is 430. The largest absolute Gasteiger partial charge is 0.352 e. The number of hydrogen-bond donors (Lipinski definition) is 2. The first kappa shape index (κ1) is 22.2. The molecule has 2 aliphatic rings. The third kappa shape index (κ3) is 7.08. The zero-order chi connectivity index (χ0) is 15.2. The van der Waals surface area contributed by atoms with E-state index in [2.05, 4.69) is 16.7 Å². The predicted molar refractivity (Wildman–Crippen MR) is 96.3 cm³/mol. The van der Waals surface area contributed by atoms with E-state index in [1.807, 2.05) is 19.0 Å². The van der Waals surface area contributed by atoms with Gasteiger partial charge in [0, 0.05) is 39.1 Å². The first-order valence-electron chi connectivity index (χ1n) is 7.65. The maximum atomic E-state index is 12.2. The third-order valence-corrected chi connectivity index (χ3v) is 4.05. The first-order chi connectivity index (χ1) is 10.1. The molecule has 2 N–H and O–H groups in total. The Morgan fingerprint density at radius 3 is 2.78 bits per heavy atom. The Morgan fingerprint density at radius 1 is 1.43 bits per heavy atom. The number of amides is 2. The van der Waals surface area contributed by atoms with E-state index in [9.17, 15) is 9.59 Å². The number of halogens is 2. The van der Waals surface area contributed by atoms with E-state index < -0.39 is 0 Å². The fourth-order valence-corrected chi connectivity index (χ4v) is 2.66. The number of likely N-dealkylation sites (tertiary alicyclic amines) is 1. The van der Waals surface area contributed by atoms with Crippen LogP contribution in [0.2, 0.25) is 0 Å². The standard InChI is InChI=1S/C15H26N4O2.2ClH/c1-18(2)7-8-19-11-13(9-14(19)20)15(21)17-10-12-3-5-16-6-4-12;;/h3,13,16H,4-11H2,1-2H3,(H,17,21);2*1H. The van der Waals surface area contributed by atoms with Crippen molar-refractivity contribution in [3.05, 3.63) is 11.6 Å². The Labute approximate surface area is 150 Å². The van der Waals surface area contributed by atoms with Gasteiger partial charge in [-0.2, -0.15) is 0 Å². The zero-order valence-electron chi connectivity index (χ0n) is 13.8. The minimum Gasteiger partial charge on any atom is -0.352 e. The summed E-state index contributed by atoms with van der Waals surface area (Å²) in [6.45, 7) is 4.56. The predicted octanol–water partition coefficient (Wildman–Crippen LogP) is 0.276. The maximum absolute atomic E-state index is 12.2. The molecule has 1 atom stereocenters. The Kier molecular flexibility index (Phi) is 10.5. The van der Waals surface area contributed by atoms with Crippen LogP contribution in [0, 0.1) is 5.92 Å². The molecule has 2 aliphatic heterocycles. The molecule has 0 radical (unpaired) electrons. The molecule has 0 aromatic carbocycles. The summed E-state index contributed by atoms with van der Waals surface area (Å²) in [6, 6.07) is 0. The van der Waals surface area contributed by atoms with Crippen molar-refractivity contribution in [1.29, 1.82) is 0 Å². The van der Waals surface area contributed by atoms with Crippen LogP contribution >= 0.6 is 24.8 Å².